The molecule has 2 amide bonds. The van der Waals surface area contributed by atoms with Gasteiger partial charge in [0, 0.05) is 44.2 Å². The first-order valence-electron chi connectivity index (χ1n) is 9.57. The topological polar surface area (TPSA) is 63.2 Å². The average Bonchev–Trinajstić information content (AvgIpc) is 2.70. The standard InChI is InChI=1S/C19H21N3O2.C2H6.2H2/c23-19(21-14-4-2-1-3-5-14)22-15-6-7-17-16-8-9-20-11-13(16)12-24-18(17)10-15;1-2;;/h6-11,14H,1-5,12H2,(H2,21,22,23);1-2H3;2*1H. The van der Waals surface area contributed by atoms with E-state index in [2.05, 4.69) is 15.6 Å². The van der Waals surface area contributed by atoms with E-state index < -0.39 is 0 Å². The van der Waals surface area contributed by atoms with Gasteiger partial charge < -0.3 is 15.4 Å². The Morgan fingerprint density at radius 1 is 1.15 bits per heavy atom. The van der Waals surface area contributed by atoms with Crippen LogP contribution < -0.4 is 15.4 Å². The van der Waals surface area contributed by atoms with Gasteiger partial charge in [-0.25, -0.2) is 4.79 Å². The minimum absolute atomic E-state index is 0. The molecule has 1 aliphatic carbocycles. The Hall–Kier alpha value is -2.56. The number of benzene rings is 1. The predicted molar refractivity (Wildman–Crippen MR) is 109 cm³/mol. The minimum atomic E-state index is -0.137. The molecule has 2 aliphatic rings. The molecule has 142 valence electrons. The zero-order chi connectivity index (χ0) is 18.4. The van der Waals surface area contributed by atoms with Crippen LogP contribution in [-0.2, 0) is 6.61 Å². The molecular formula is C21H31N3O2. The van der Waals surface area contributed by atoms with Gasteiger partial charge in [0.2, 0.25) is 0 Å². The normalized spacial score (nSPS) is 15.5. The van der Waals surface area contributed by atoms with E-state index in [1.54, 1.807) is 6.20 Å². The molecule has 0 unspecified atom stereocenters. The first kappa shape index (κ1) is 18.2. The number of anilines is 1. The number of nitrogens with one attached hydrogen (secondary N) is 2. The highest BCUT2D eigenvalue weighted by Crippen LogP contribution is 2.38. The Kier molecular flexibility index (Phi) is 6.10. The lowest BCUT2D eigenvalue weighted by atomic mass is 9.96. The number of rotatable bonds is 2. The van der Waals surface area contributed by atoms with E-state index in [1.165, 1.54) is 19.3 Å². The van der Waals surface area contributed by atoms with Gasteiger partial charge >= 0.3 is 6.03 Å². The van der Waals surface area contributed by atoms with Gasteiger partial charge in [-0.15, -0.1) is 0 Å². The number of carbonyl (C=O) groups excluding carboxylic acids is 1. The van der Waals surface area contributed by atoms with Crippen LogP contribution in [0.3, 0.4) is 0 Å². The van der Waals surface area contributed by atoms with Crippen LogP contribution >= 0.6 is 0 Å². The maximum absolute atomic E-state index is 12.2. The Labute approximate surface area is 158 Å². The smallest absolute Gasteiger partial charge is 0.319 e. The molecule has 2 N–H and O–H groups in total. The van der Waals surface area contributed by atoms with Gasteiger partial charge in [0.25, 0.3) is 0 Å². The number of hydrogen-bond acceptors (Lipinski definition) is 3. The molecule has 1 aromatic heterocycles. The SMILES string of the molecule is CC.O=C(Nc1ccc2c(c1)OCc1cnccc1-2)NC1CCCCC1.[HH].[HH]. The molecular weight excluding hydrogens is 326 g/mol. The summed E-state index contributed by atoms with van der Waals surface area (Å²) < 4.78 is 5.81. The highest BCUT2D eigenvalue weighted by Gasteiger charge is 2.19. The predicted octanol–water partition coefficient (Wildman–Crippen LogP) is 5.61. The lowest BCUT2D eigenvalue weighted by Gasteiger charge is -2.23. The zero-order valence-corrected chi connectivity index (χ0v) is 15.5. The summed E-state index contributed by atoms with van der Waals surface area (Å²) >= 11 is 0. The second-order valence-corrected chi connectivity index (χ2v) is 6.47. The zero-order valence-electron chi connectivity index (χ0n) is 15.5. The lowest BCUT2D eigenvalue weighted by Crippen LogP contribution is -2.39. The number of fused-ring (bicyclic) bond motifs is 3. The van der Waals surface area contributed by atoms with Crippen LogP contribution in [0.25, 0.3) is 11.1 Å². The van der Waals surface area contributed by atoms with E-state index in [0.29, 0.717) is 12.6 Å². The molecule has 4 rings (SSSR count). The summed E-state index contributed by atoms with van der Waals surface area (Å²) in [4.78, 5) is 16.3. The van der Waals surface area contributed by atoms with Gasteiger partial charge in [0.15, 0.2) is 0 Å². The summed E-state index contributed by atoms with van der Waals surface area (Å²) in [6, 6.07) is 7.95. The summed E-state index contributed by atoms with van der Waals surface area (Å²) in [5, 5.41) is 5.98. The molecule has 26 heavy (non-hydrogen) atoms. The van der Waals surface area contributed by atoms with E-state index in [0.717, 1.165) is 41.0 Å². The van der Waals surface area contributed by atoms with Crippen LogP contribution in [0.15, 0.2) is 36.7 Å². The molecule has 2 aromatic rings. The van der Waals surface area contributed by atoms with E-state index in [9.17, 15) is 4.79 Å². The van der Waals surface area contributed by atoms with E-state index in [1.807, 2.05) is 44.3 Å². The monoisotopic (exact) mass is 357 g/mol. The number of urea groups is 1. The molecule has 1 fully saturated rings. The highest BCUT2D eigenvalue weighted by molar-refractivity contribution is 5.90. The second-order valence-electron chi connectivity index (χ2n) is 6.47. The summed E-state index contributed by atoms with van der Waals surface area (Å²) in [5.74, 6) is 0.796. The number of carbonyl (C=O) groups is 1. The molecule has 2 heterocycles. The second kappa shape index (κ2) is 8.70. The van der Waals surface area contributed by atoms with Crippen LogP contribution in [0.4, 0.5) is 10.5 Å². The maximum atomic E-state index is 12.2. The third-order valence-electron chi connectivity index (χ3n) is 4.76. The number of aromatic nitrogens is 1. The van der Waals surface area contributed by atoms with E-state index >= 15 is 0 Å². The van der Waals surface area contributed by atoms with Gasteiger partial charge in [-0.3, -0.25) is 4.98 Å². The quantitative estimate of drug-likeness (QED) is 0.734. The van der Waals surface area contributed by atoms with Crippen LogP contribution in [-0.4, -0.2) is 17.1 Å². The maximum Gasteiger partial charge on any atom is 0.319 e. The Bertz CT molecular complexity index is 765. The fourth-order valence-electron chi connectivity index (χ4n) is 3.50. The van der Waals surface area contributed by atoms with Gasteiger partial charge in [0.05, 0.1) is 0 Å². The van der Waals surface area contributed by atoms with Crippen LogP contribution in [0.1, 0.15) is 54.4 Å². The summed E-state index contributed by atoms with van der Waals surface area (Å²) in [6.45, 7) is 4.51. The van der Waals surface area contributed by atoms with Gasteiger partial charge in [-0.1, -0.05) is 33.1 Å². The summed E-state index contributed by atoms with van der Waals surface area (Å²) in [7, 11) is 0. The molecule has 0 atom stereocenters. The van der Waals surface area contributed by atoms with Crippen molar-refractivity contribution in [1.82, 2.24) is 10.3 Å². The third kappa shape index (κ3) is 4.15. The van der Waals surface area contributed by atoms with Crippen molar-refractivity contribution >= 4 is 11.7 Å². The molecule has 1 aliphatic heterocycles. The third-order valence-corrected chi connectivity index (χ3v) is 4.76. The van der Waals surface area contributed by atoms with Crippen molar-refractivity contribution in [2.45, 2.75) is 58.6 Å². The largest absolute Gasteiger partial charge is 0.488 e. The van der Waals surface area contributed by atoms with E-state index in [-0.39, 0.29) is 8.88 Å². The van der Waals surface area contributed by atoms with Crippen LogP contribution in [0.2, 0.25) is 0 Å². The molecule has 0 bridgehead atoms. The van der Waals surface area contributed by atoms with Crippen molar-refractivity contribution in [2.75, 3.05) is 5.32 Å². The Morgan fingerprint density at radius 2 is 1.96 bits per heavy atom. The molecule has 5 nitrogen and oxygen atoms in total. The first-order chi connectivity index (χ1) is 12.8. The molecule has 1 saturated carbocycles. The van der Waals surface area contributed by atoms with Gasteiger partial charge in [-0.05, 0) is 36.6 Å². The van der Waals surface area contributed by atoms with Gasteiger partial charge in [0.1, 0.15) is 12.4 Å². The van der Waals surface area contributed by atoms with Crippen molar-refractivity contribution in [3.8, 4) is 16.9 Å². The Morgan fingerprint density at radius 3 is 2.77 bits per heavy atom. The van der Waals surface area contributed by atoms with Crippen molar-refractivity contribution in [1.29, 1.82) is 0 Å². The molecule has 1 aromatic carbocycles. The van der Waals surface area contributed by atoms with Crippen LogP contribution in [0, 0.1) is 0 Å². The van der Waals surface area contributed by atoms with Crippen molar-refractivity contribution in [2.24, 2.45) is 0 Å². The Balaban J connectivity index is 0.000000950. The highest BCUT2D eigenvalue weighted by atomic mass is 16.5. The number of ether oxygens (including phenoxy) is 1. The number of pyridine rings is 1. The van der Waals surface area contributed by atoms with Gasteiger partial charge in [-0.2, -0.15) is 0 Å². The summed E-state index contributed by atoms with van der Waals surface area (Å²) in [6.07, 6.45) is 9.45. The molecule has 0 spiro atoms. The fourth-order valence-corrected chi connectivity index (χ4v) is 3.50. The van der Waals surface area contributed by atoms with Crippen LogP contribution in [0.5, 0.6) is 5.75 Å². The van der Waals surface area contributed by atoms with Crippen molar-refractivity contribution in [3.63, 3.8) is 0 Å². The number of hydrogen-bond donors (Lipinski definition) is 2. The lowest BCUT2D eigenvalue weighted by molar-refractivity contribution is 0.244. The first-order valence-corrected chi connectivity index (χ1v) is 9.57. The molecule has 0 radical (unpaired) electrons. The van der Waals surface area contributed by atoms with Crippen molar-refractivity contribution < 1.29 is 12.4 Å². The van der Waals surface area contributed by atoms with E-state index in [4.69, 9.17) is 4.74 Å². The fraction of sp³-hybridized carbons (Fsp3) is 0.429. The average molecular weight is 357 g/mol. The van der Waals surface area contributed by atoms with Crippen molar-refractivity contribution in [3.05, 3.63) is 42.2 Å². The molecule has 5 heteroatoms. The summed E-state index contributed by atoms with van der Waals surface area (Å²) in [5.41, 5.74) is 4.02. The molecule has 0 saturated heterocycles. The number of nitrogens with zero attached hydrogens (tertiary/aromatic N) is 1. The number of amides is 2. The minimum Gasteiger partial charge on any atom is -0.488 e.